The van der Waals surface area contributed by atoms with E-state index in [1.165, 1.54) is 6.07 Å². The molecule has 1 aromatic rings. The predicted molar refractivity (Wildman–Crippen MR) is 55.9 cm³/mol. The number of H-pyrrole nitrogens is 1. The number of rotatable bonds is 4. The van der Waals surface area contributed by atoms with Crippen molar-refractivity contribution >= 4 is 11.8 Å². The molecule has 1 heterocycles. The van der Waals surface area contributed by atoms with E-state index in [-0.39, 0.29) is 5.56 Å². The summed E-state index contributed by atoms with van der Waals surface area (Å²) >= 11 is 1.79. The zero-order chi connectivity index (χ0) is 9.68. The van der Waals surface area contributed by atoms with Crippen LogP contribution in [0.5, 0.6) is 0 Å². The standard InChI is InChI=1S/C9H14N2OS/c1-7(2)5-13-6-8-10-4-3-9(12)11-8/h3-4,7H,5-6H2,1-2H3,(H,10,11,12). The fourth-order valence-electron chi connectivity index (χ4n) is 0.876. The van der Waals surface area contributed by atoms with Gasteiger partial charge in [-0.05, 0) is 11.7 Å². The predicted octanol–water partition coefficient (Wildman–Crippen LogP) is 1.66. The van der Waals surface area contributed by atoms with Crippen LogP contribution in [-0.2, 0) is 5.75 Å². The van der Waals surface area contributed by atoms with Crippen molar-refractivity contribution in [2.45, 2.75) is 19.6 Å². The first-order chi connectivity index (χ1) is 6.18. The lowest BCUT2D eigenvalue weighted by molar-refractivity contribution is 0.749. The maximum Gasteiger partial charge on any atom is 0.250 e. The second kappa shape index (κ2) is 5.07. The Bertz CT molecular complexity index is 308. The summed E-state index contributed by atoms with van der Waals surface area (Å²) in [4.78, 5) is 17.6. The summed E-state index contributed by atoms with van der Waals surface area (Å²) < 4.78 is 0. The van der Waals surface area contributed by atoms with Crippen LogP contribution in [0.4, 0.5) is 0 Å². The van der Waals surface area contributed by atoms with E-state index < -0.39 is 0 Å². The number of hydrogen-bond donors (Lipinski definition) is 1. The number of hydrogen-bond acceptors (Lipinski definition) is 3. The van der Waals surface area contributed by atoms with Crippen molar-refractivity contribution in [2.75, 3.05) is 5.75 Å². The van der Waals surface area contributed by atoms with E-state index in [2.05, 4.69) is 23.8 Å². The third-order valence-electron chi connectivity index (χ3n) is 1.41. The van der Waals surface area contributed by atoms with Crippen LogP contribution in [0.2, 0.25) is 0 Å². The molecule has 4 heteroatoms. The lowest BCUT2D eigenvalue weighted by Crippen LogP contribution is -2.08. The van der Waals surface area contributed by atoms with Gasteiger partial charge in [0.2, 0.25) is 0 Å². The van der Waals surface area contributed by atoms with Gasteiger partial charge in [0, 0.05) is 12.3 Å². The molecule has 3 nitrogen and oxygen atoms in total. The van der Waals surface area contributed by atoms with E-state index in [0.717, 1.165) is 17.3 Å². The van der Waals surface area contributed by atoms with E-state index in [4.69, 9.17) is 0 Å². The molecule has 13 heavy (non-hydrogen) atoms. The average molecular weight is 198 g/mol. The molecule has 1 N–H and O–H groups in total. The molecule has 1 rings (SSSR count). The summed E-state index contributed by atoms with van der Waals surface area (Å²) in [5, 5.41) is 0. The van der Waals surface area contributed by atoms with Gasteiger partial charge < -0.3 is 4.98 Å². The molecule has 0 aromatic carbocycles. The van der Waals surface area contributed by atoms with Crippen LogP contribution in [-0.4, -0.2) is 15.7 Å². The number of nitrogens with zero attached hydrogens (tertiary/aromatic N) is 1. The first-order valence-corrected chi connectivity index (χ1v) is 5.46. The van der Waals surface area contributed by atoms with Gasteiger partial charge in [-0.2, -0.15) is 11.8 Å². The summed E-state index contributed by atoms with van der Waals surface area (Å²) in [6.45, 7) is 4.35. The van der Waals surface area contributed by atoms with Crippen molar-refractivity contribution in [3.63, 3.8) is 0 Å². The summed E-state index contributed by atoms with van der Waals surface area (Å²) in [6, 6.07) is 1.43. The molecular formula is C9H14N2OS. The van der Waals surface area contributed by atoms with Gasteiger partial charge in [-0.1, -0.05) is 13.8 Å². The summed E-state index contributed by atoms with van der Waals surface area (Å²) in [7, 11) is 0. The van der Waals surface area contributed by atoms with Gasteiger partial charge in [0.1, 0.15) is 5.82 Å². The maximum absolute atomic E-state index is 10.9. The van der Waals surface area contributed by atoms with Gasteiger partial charge in [0.05, 0.1) is 5.75 Å². The molecule has 0 aliphatic carbocycles. The SMILES string of the molecule is CC(C)CSCc1nccc(=O)[nH]1. The molecule has 0 spiro atoms. The number of aromatic amines is 1. The molecule has 0 bridgehead atoms. The van der Waals surface area contributed by atoms with Gasteiger partial charge in [-0.15, -0.1) is 0 Å². The molecule has 0 atom stereocenters. The fourth-order valence-corrected chi connectivity index (χ4v) is 1.81. The summed E-state index contributed by atoms with van der Waals surface area (Å²) in [6.07, 6.45) is 1.55. The highest BCUT2D eigenvalue weighted by molar-refractivity contribution is 7.98. The fraction of sp³-hybridized carbons (Fsp3) is 0.556. The largest absolute Gasteiger partial charge is 0.310 e. The molecule has 0 saturated carbocycles. The van der Waals surface area contributed by atoms with Crippen molar-refractivity contribution in [1.82, 2.24) is 9.97 Å². The lowest BCUT2D eigenvalue weighted by atomic mass is 10.3. The Morgan fingerprint density at radius 1 is 1.62 bits per heavy atom. The lowest BCUT2D eigenvalue weighted by Gasteiger charge is -2.02. The summed E-state index contributed by atoms with van der Waals surface area (Å²) in [5.41, 5.74) is -0.0739. The molecule has 0 aliphatic rings. The molecule has 0 amide bonds. The zero-order valence-corrected chi connectivity index (χ0v) is 8.73. The first-order valence-electron chi connectivity index (χ1n) is 4.30. The van der Waals surface area contributed by atoms with Gasteiger partial charge in [0.15, 0.2) is 0 Å². The Balaban J connectivity index is 2.41. The van der Waals surface area contributed by atoms with Crippen LogP contribution in [0.3, 0.4) is 0 Å². The topological polar surface area (TPSA) is 45.8 Å². The van der Waals surface area contributed by atoms with E-state index in [9.17, 15) is 4.79 Å². The second-order valence-electron chi connectivity index (χ2n) is 3.29. The molecule has 0 unspecified atom stereocenters. The Hall–Kier alpha value is -0.770. The van der Waals surface area contributed by atoms with Crippen LogP contribution in [0.1, 0.15) is 19.7 Å². The minimum absolute atomic E-state index is 0.0739. The van der Waals surface area contributed by atoms with E-state index in [1.54, 1.807) is 18.0 Å². The quantitative estimate of drug-likeness (QED) is 0.800. The van der Waals surface area contributed by atoms with Crippen molar-refractivity contribution < 1.29 is 0 Å². The minimum Gasteiger partial charge on any atom is -0.310 e. The Kier molecular flexibility index (Phi) is 4.02. The van der Waals surface area contributed by atoms with E-state index in [0.29, 0.717) is 5.92 Å². The van der Waals surface area contributed by atoms with Gasteiger partial charge in [-0.25, -0.2) is 4.98 Å². The Morgan fingerprint density at radius 3 is 3.00 bits per heavy atom. The highest BCUT2D eigenvalue weighted by Crippen LogP contribution is 2.11. The molecule has 72 valence electrons. The van der Waals surface area contributed by atoms with Crippen LogP contribution in [0, 0.1) is 5.92 Å². The number of aromatic nitrogens is 2. The molecule has 1 aromatic heterocycles. The van der Waals surface area contributed by atoms with Crippen LogP contribution >= 0.6 is 11.8 Å². The Labute approximate surface area is 82.0 Å². The van der Waals surface area contributed by atoms with E-state index in [1.807, 2.05) is 0 Å². The molecule has 0 saturated heterocycles. The number of nitrogens with one attached hydrogen (secondary N) is 1. The smallest absolute Gasteiger partial charge is 0.250 e. The Morgan fingerprint density at radius 2 is 2.38 bits per heavy atom. The monoisotopic (exact) mass is 198 g/mol. The van der Waals surface area contributed by atoms with Crippen LogP contribution < -0.4 is 5.56 Å². The van der Waals surface area contributed by atoms with E-state index >= 15 is 0 Å². The molecular weight excluding hydrogens is 184 g/mol. The average Bonchev–Trinajstić information content (AvgIpc) is 2.03. The highest BCUT2D eigenvalue weighted by atomic mass is 32.2. The molecule has 0 fully saturated rings. The third kappa shape index (κ3) is 4.12. The maximum atomic E-state index is 10.9. The molecule has 0 aliphatic heterocycles. The van der Waals surface area contributed by atoms with Gasteiger partial charge >= 0.3 is 0 Å². The van der Waals surface area contributed by atoms with Crippen molar-refractivity contribution in [2.24, 2.45) is 5.92 Å². The van der Waals surface area contributed by atoms with Gasteiger partial charge in [-0.3, -0.25) is 4.79 Å². The van der Waals surface area contributed by atoms with Crippen molar-refractivity contribution in [3.8, 4) is 0 Å². The normalized spacial score (nSPS) is 10.7. The highest BCUT2D eigenvalue weighted by Gasteiger charge is 1.97. The molecule has 0 radical (unpaired) electrons. The van der Waals surface area contributed by atoms with Crippen LogP contribution in [0.25, 0.3) is 0 Å². The van der Waals surface area contributed by atoms with Gasteiger partial charge in [0.25, 0.3) is 5.56 Å². The minimum atomic E-state index is -0.0739. The first kappa shape index (κ1) is 10.3. The zero-order valence-electron chi connectivity index (χ0n) is 7.91. The number of thioether (sulfide) groups is 1. The summed E-state index contributed by atoms with van der Waals surface area (Å²) in [5.74, 6) is 3.32. The van der Waals surface area contributed by atoms with Crippen molar-refractivity contribution in [3.05, 3.63) is 28.4 Å². The van der Waals surface area contributed by atoms with Crippen LogP contribution in [0.15, 0.2) is 17.1 Å². The third-order valence-corrected chi connectivity index (χ3v) is 2.79. The second-order valence-corrected chi connectivity index (χ2v) is 4.32. The van der Waals surface area contributed by atoms with Crippen molar-refractivity contribution in [1.29, 1.82) is 0 Å².